The van der Waals surface area contributed by atoms with Gasteiger partial charge in [0, 0.05) is 6.61 Å². The third-order valence-electron chi connectivity index (χ3n) is 5.17. The molecule has 192 valence electrons. The minimum atomic E-state index is -2.67. The molecule has 0 rings (SSSR count). The number of aliphatic carboxylic acids is 1. The summed E-state index contributed by atoms with van der Waals surface area (Å²) in [5.74, 6) is -2.21. The Hall–Kier alpha value is -0.413. The maximum Gasteiger partial charge on any atom is 1.00 e. The summed E-state index contributed by atoms with van der Waals surface area (Å²) in [7, 11) is 0. The van der Waals surface area contributed by atoms with Gasteiger partial charge in [0.25, 0.3) is 0 Å². The van der Waals surface area contributed by atoms with E-state index in [1.165, 1.54) is 0 Å². The summed E-state index contributed by atoms with van der Waals surface area (Å²) in [4.78, 5) is 10.5. The van der Waals surface area contributed by atoms with Gasteiger partial charge in [0.1, 0.15) is 61.0 Å². The van der Waals surface area contributed by atoms with E-state index in [1.54, 1.807) is 0 Å². The van der Waals surface area contributed by atoms with Gasteiger partial charge in [0.05, 0.1) is 12.1 Å². The van der Waals surface area contributed by atoms with E-state index in [4.69, 9.17) is 10.2 Å². The fourth-order valence-electron chi connectivity index (χ4n) is 2.96. The fraction of sp³-hybridized carbons (Fsp3) is 0.944. The number of carboxylic acid groups (broad SMARTS) is 1. The fourth-order valence-corrected chi connectivity index (χ4v) is 2.96. The van der Waals surface area contributed by atoms with E-state index in [0.717, 1.165) is 0 Å². The molecule has 11 atom stereocenters. The number of carboxylic acids is 1. The quantitative estimate of drug-likeness (QED) is 0.0677. The van der Waals surface area contributed by atoms with Crippen molar-refractivity contribution in [1.29, 1.82) is 0 Å². The molecule has 15 heteroatoms. The molecule has 0 radical (unpaired) electrons. The third kappa shape index (κ3) is 10.8. The number of carbonyl (C=O) groups excluding carboxylic acids is 1. The Kier molecular flexibility index (Phi) is 18.0. The number of aliphatic hydroxyl groups excluding tert-OH is 12. The van der Waals surface area contributed by atoms with E-state index >= 15 is 0 Å². The molecule has 0 saturated carbocycles. The zero-order valence-corrected chi connectivity index (χ0v) is 18.3. The van der Waals surface area contributed by atoms with E-state index < -0.39 is 73.1 Å². The zero-order chi connectivity index (χ0) is 25.2. The van der Waals surface area contributed by atoms with Crippen molar-refractivity contribution < 1.29 is 90.0 Å². The van der Waals surface area contributed by atoms with Crippen LogP contribution in [0.2, 0.25) is 0 Å². The molecule has 12 N–H and O–H groups in total. The van der Waals surface area contributed by atoms with Crippen molar-refractivity contribution in [2.24, 2.45) is 0 Å². The largest absolute Gasteiger partial charge is 1.00 e. The van der Waals surface area contributed by atoms with Crippen LogP contribution in [-0.2, 0) is 4.79 Å². The predicted molar refractivity (Wildman–Crippen MR) is 101 cm³/mol. The van der Waals surface area contributed by atoms with Gasteiger partial charge in [-0.2, -0.15) is 0 Å². The van der Waals surface area contributed by atoms with Crippen LogP contribution < -0.4 is 24.0 Å². The van der Waals surface area contributed by atoms with Crippen LogP contribution in [0, 0.1) is 0 Å². The van der Waals surface area contributed by atoms with Gasteiger partial charge in [-0.15, -0.1) is 0 Å². The Morgan fingerprint density at radius 2 is 0.879 bits per heavy atom. The van der Waals surface area contributed by atoms with Crippen molar-refractivity contribution in [3.05, 3.63) is 0 Å². The van der Waals surface area contributed by atoms with E-state index in [9.17, 15) is 61.0 Å². The topological polar surface area (TPSA) is 283 Å². The Bertz CT molecular complexity index is 528. The smallest absolute Gasteiger partial charge is 0.547 e. The first kappa shape index (κ1) is 34.8. The van der Waals surface area contributed by atoms with Crippen molar-refractivity contribution in [2.75, 3.05) is 6.61 Å². The Balaban J connectivity index is 0. The number of carbonyl (C=O) groups is 1. The second-order valence-electron chi connectivity index (χ2n) is 7.67. The molecule has 0 aliphatic heterocycles. The first-order chi connectivity index (χ1) is 14.8. The van der Waals surface area contributed by atoms with Gasteiger partial charge in [0.15, 0.2) is 0 Å². The molecule has 0 saturated heterocycles. The number of aliphatic hydroxyl groups is 12. The van der Waals surface area contributed by atoms with Gasteiger partial charge in [-0.05, 0) is 12.8 Å². The van der Waals surface area contributed by atoms with E-state index in [-0.39, 0.29) is 31.9 Å². The maximum absolute atomic E-state index is 10.5. The van der Waals surface area contributed by atoms with Crippen LogP contribution in [0.3, 0.4) is 0 Å². The van der Waals surface area contributed by atoms with Gasteiger partial charge < -0.3 is 71.2 Å². The summed E-state index contributed by atoms with van der Waals surface area (Å²) in [6.45, 7) is 0.00415. The van der Waals surface area contributed by atoms with Crippen molar-refractivity contribution in [3.63, 3.8) is 0 Å². The second-order valence-corrected chi connectivity index (χ2v) is 7.67. The number of hydrogen-bond acceptors (Lipinski definition) is 14. The third-order valence-corrected chi connectivity index (χ3v) is 5.17. The Labute approximate surface area is 202 Å². The van der Waals surface area contributed by atoms with Gasteiger partial charge in [-0.25, -0.2) is 0 Å². The van der Waals surface area contributed by atoms with Crippen LogP contribution in [0.25, 0.3) is 0 Å². The van der Waals surface area contributed by atoms with Crippen molar-refractivity contribution in [1.82, 2.24) is 0 Å². The van der Waals surface area contributed by atoms with Crippen LogP contribution in [0.15, 0.2) is 0 Å². The number of hydrogen-bond donors (Lipinski definition) is 12. The van der Waals surface area contributed by atoms with Crippen molar-refractivity contribution in [3.8, 4) is 0 Å². The summed E-state index contributed by atoms with van der Waals surface area (Å²) in [6.07, 6.45) is -23.6. The van der Waals surface area contributed by atoms with Gasteiger partial charge >= 0.3 is 18.9 Å². The molecule has 14 nitrogen and oxygen atoms in total. The Morgan fingerprint density at radius 1 is 0.545 bits per heavy atom. The molecule has 0 aromatic carbocycles. The monoisotopic (exact) mass is 482 g/mol. The Morgan fingerprint density at radius 3 is 1.24 bits per heavy atom. The van der Waals surface area contributed by atoms with Gasteiger partial charge in [0.2, 0.25) is 0 Å². The van der Waals surface area contributed by atoms with Crippen LogP contribution in [-0.4, -0.2) is 141 Å². The zero-order valence-electron chi connectivity index (χ0n) is 18.3. The van der Waals surface area contributed by atoms with Gasteiger partial charge in [-0.1, -0.05) is 19.3 Å². The molecular formula is C18H35LiO14. The number of unbranched alkanes of at least 4 members (excludes halogenated alkanes) is 3. The van der Waals surface area contributed by atoms with E-state index in [1.807, 2.05) is 0 Å². The molecule has 0 heterocycles. The van der Waals surface area contributed by atoms with E-state index in [2.05, 4.69) is 0 Å². The molecule has 0 bridgehead atoms. The average Bonchev–Trinajstić information content (AvgIpc) is 2.78. The average molecular weight is 482 g/mol. The minimum Gasteiger partial charge on any atom is -0.547 e. The molecule has 0 fully saturated rings. The van der Waals surface area contributed by atoms with Crippen LogP contribution >= 0.6 is 0 Å². The van der Waals surface area contributed by atoms with Crippen molar-refractivity contribution in [2.45, 2.75) is 99.2 Å². The SMILES string of the molecule is O=C([O-])C(O)C(O)C(O)C(O)C(O)C(O)C(O)C(O)C(O)C(O)C(O)CCCCCCO.[Li+]. The summed E-state index contributed by atoms with van der Waals surface area (Å²) in [6, 6.07) is 0. The summed E-state index contributed by atoms with van der Waals surface area (Å²) in [5, 5.41) is 127. The predicted octanol–water partition coefficient (Wildman–Crippen LogP) is -10.3. The molecule has 0 amide bonds. The molecule has 0 aromatic rings. The van der Waals surface area contributed by atoms with Crippen LogP contribution in [0.4, 0.5) is 0 Å². The van der Waals surface area contributed by atoms with E-state index in [0.29, 0.717) is 25.7 Å². The van der Waals surface area contributed by atoms with Crippen molar-refractivity contribution >= 4 is 5.97 Å². The summed E-state index contributed by atoms with van der Waals surface area (Å²) < 4.78 is 0. The molecule has 0 aliphatic rings. The summed E-state index contributed by atoms with van der Waals surface area (Å²) in [5.41, 5.74) is 0. The first-order valence-electron chi connectivity index (χ1n) is 10.1. The minimum absolute atomic E-state index is 0. The maximum atomic E-state index is 10.5. The van der Waals surface area contributed by atoms with Gasteiger partial charge in [-0.3, -0.25) is 0 Å². The summed E-state index contributed by atoms with van der Waals surface area (Å²) >= 11 is 0. The molecule has 0 spiro atoms. The molecule has 0 aromatic heterocycles. The second kappa shape index (κ2) is 17.1. The molecular weight excluding hydrogens is 447 g/mol. The standard InChI is InChI=1S/C18H36O14.Li/c19-6-4-2-1-3-5-7(20)8(21)9(22)10(23)11(24)12(25)13(26)14(27)15(28)16(29)17(30)18(31)32;/h7-17,19-30H,1-6H2,(H,31,32);/q;+1/p-1. The molecule has 0 aliphatic carbocycles. The number of rotatable bonds is 17. The van der Waals surface area contributed by atoms with Crippen LogP contribution in [0.5, 0.6) is 0 Å². The first-order valence-corrected chi connectivity index (χ1v) is 10.1. The van der Waals surface area contributed by atoms with Crippen LogP contribution in [0.1, 0.15) is 32.1 Å². The molecule has 11 unspecified atom stereocenters. The molecule has 33 heavy (non-hydrogen) atoms. The normalized spacial score (nSPS) is 21.9.